The molecule has 5 rings (SSSR count). The number of nitrogens with zero attached hydrogens (tertiary/aromatic N) is 7. The molecular formula is C26H32N8. The van der Waals surface area contributed by atoms with Crippen molar-refractivity contribution in [3.05, 3.63) is 59.9 Å². The zero-order valence-electron chi connectivity index (χ0n) is 19.8. The summed E-state index contributed by atoms with van der Waals surface area (Å²) < 4.78 is 2.11. The SMILES string of the molecule is CCCn1nc(CCC2CCCCC2)nc1Cc1ccc(-c2cnccc2-c2nn[nH]n2)cc1. The lowest BCUT2D eigenvalue weighted by molar-refractivity contribution is 0.337. The quantitative estimate of drug-likeness (QED) is 0.379. The molecule has 0 amide bonds. The van der Waals surface area contributed by atoms with Gasteiger partial charge in [-0.05, 0) is 41.2 Å². The Kier molecular flexibility index (Phi) is 7.02. The first-order chi connectivity index (χ1) is 16.8. The van der Waals surface area contributed by atoms with Crippen LogP contribution in [-0.4, -0.2) is 40.4 Å². The maximum Gasteiger partial charge on any atom is 0.205 e. The van der Waals surface area contributed by atoms with Crippen molar-refractivity contribution in [1.82, 2.24) is 40.4 Å². The van der Waals surface area contributed by atoms with Crippen LogP contribution in [0.15, 0.2) is 42.7 Å². The zero-order chi connectivity index (χ0) is 23.2. The summed E-state index contributed by atoms with van der Waals surface area (Å²) in [4.78, 5) is 9.25. The lowest BCUT2D eigenvalue weighted by Crippen LogP contribution is -2.08. The summed E-state index contributed by atoms with van der Waals surface area (Å²) in [5.74, 6) is 3.48. The maximum absolute atomic E-state index is 4.95. The van der Waals surface area contributed by atoms with Crippen LogP contribution >= 0.6 is 0 Å². The summed E-state index contributed by atoms with van der Waals surface area (Å²) in [5.41, 5.74) is 4.17. The average Bonchev–Trinajstić information content (AvgIpc) is 3.55. The van der Waals surface area contributed by atoms with Gasteiger partial charge in [0.25, 0.3) is 0 Å². The third kappa shape index (κ3) is 5.21. The molecule has 0 saturated heterocycles. The highest BCUT2D eigenvalue weighted by Crippen LogP contribution is 2.29. The number of aromatic nitrogens is 8. The number of aryl methyl sites for hydroxylation is 2. The van der Waals surface area contributed by atoms with Crippen molar-refractivity contribution in [3.63, 3.8) is 0 Å². The summed E-state index contributed by atoms with van der Waals surface area (Å²) in [6, 6.07) is 10.5. The van der Waals surface area contributed by atoms with E-state index in [1.54, 1.807) is 6.20 Å². The number of hydrogen-bond acceptors (Lipinski definition) is 6. The fourth-order valence-electron chi connectivity index (χ4n) is 4.94. The van der Waals surface area contributed by atoms with Gasteiger partial charge in [0, 0.05) is 42.9 Å². The van der Waals surface area contributed by atoms with Crippen LogP contribution in [0.4, 0.5) is 0 Å². The molecule has 176 valence electrons. The lowest BCUT2D eigenvalue weighted by atomic mass is 9.86. The van der Waals surface area contributed by atoms with E-state index in [0.717, 1.165) is 60.1 Å². The molecule has 0 radical (unpaired) electrons. The van der Waals surface area contributed by atoms with Crippen molar-refractivity contribution in [2.24, 2.45) is 5.92 Å². The summed E-state index contributed by atoms with van der Waals surface area (Å²) >= 11 is 0. The van der Waals surface area contributed by atoms with Crippen LogP contribution in [-0.2, 0) is 19.4 Å². The third-order valence-electron chi connectivity index (χ3n) is 6.76. The van der Waals surface area contributed by atoms with Crippen LogP contribution in [0, 0.1) is 5.92 Å². The van der Waals surface area contributed by atoms with Gasteiger partial charge in [-0.2, -0.15) is 10.3 Å². The molecule has 1 saturated carbocycles. The smallest absolute Gasteiger partial charge is 0.205 e. The van der Waals surface area contributed by atoms with Crippen LogP contribution in [0.25, 0.3) is 22.5 Å². The Balaban J connectivity index is 1.30. The lowest BCUT2D eigenvalue weighted by Gasteiger charge is -2.20. The van der Waals surface area contributed by atoms with Gasteiger partial charge in [0.05, 0.1) is 0 Å². The van der Waals surface area contributed by atoms with Crippen molar-refractivity contribution >= 4 is 0 Å². The molecule has 3 heterocycles. The molecule has 0 atom stereocenters. The fraction of sp³-hybridized carbons (Fsp3) is 0.462. The minimum absolute atomic E-state index is 0.565. The predicted molar refractivity (Wildman–Crippen MR) is 131 cm³/mol. The molecule has 8 nitrogen and oxygen atoms in total. The Morgan fingerprint density at radius 1 is 1.03 bits per heavy atom. The largest absolute Gasteiger partial charge is 0.264 e. The Morgan fingerprint density at radius 3 is 2.65 bits per heavy atom. The van der Waals surface area contributed by atoms with Gasteiger partial charge in [-0.15, -0.1) is 10.2 Å². The first kappa shape index (κ1) is 22.4. The van der Waals surface area contributed by atoms with Crippen LogP contribution < -0.4 is 0 Å². The molecule has 1 aromatic carbocycles. The van der Waals surface area contributed by atoms with Gasteiger partial charge in [-0.1, -0.05) is 63.3 Å². The van der Waals surface area contributed by atoms with E-state index in [9.17, 15) is 0 Å². The van der Waals surface area contributed by atoms with Crippen LogP contribution in [0.5, 0.6) is 0 Å². The van der Waals surface area contributed by atoms with E-state index in [2.05, 4.69) is 61.5 Å². The zero-order valence-corrected chi connectivity index (χ0v) is 19.8. The fourth-order valence-corrected chi connectivity index (χ4v) is 4.94. The highest BCUT2D eigenvalue weighted by Gasteiger charge is 2.16. The minimum atomic E-state index is 0.565. The number of benzene rings is 1. The van der Waals surface area contributed by atoms with Gasteiger partial charge < -0.3 is 0 Å². The Morgan fingerprint density at radius 2 is 1.88 bits per heavy atom. The topological polar surface area (TPSA) is 98.1 Å². The number of H-pyrrole nitrogens is 1. The molecule has 3 aromatic heterocycles. The number of pyridine rings is 1. The molecule has 1 aliphatic rings. The first-order valence-corrected chi connectivity index (χ1v) is 12.5. The molecule has 8 heteroatoms. The highest BCUT2D eigenvalue weighted by molar-refractivity contribution is 5.79. The second kappa shape index (κ2) is 10.7. The van der Waals surface area contributed by atoms with E-state index in [1.165, 1.54) is 44.1 Å². The molecule has 0 spiro atoms. The van der Waals surface area contributed by atoms with Gasteiger partial charge in [0.1, 0.15) is 5.82 Å². The van der Waals surface area contributed by atoms with E-state index < -0.39 is 0 Å². The standard InChI is InChI=1S/C26H32N8/c1-2-16-34-25(28-24(31-34)13-10-19-6-4-3-5-7-19)17-20-8-11-21(12-9-20)23-18-27-15-14-22(23)26-29-32-33-30-26/h8-9,11-12,14-15,18-19H,2-7,10,13,16-17H2,1H3,(H,29,30,32,33). The van der Waals surface area contributed by atoms with E-state index >= 15 is 0 Å². The second-order valence-electron chi connectivity index (χ2n) is 9.24. The van der Waals surface area contributed by atoms with Gasteiger partial charge in [-0.3, -0.25) is 4.98 Å². The number of aromatic amines is 1. The van der Waals surface area contributed by atoms with Crippen molar-refractivity contribution in [2.75, 3.05) is 0 Å². The minimum Gasteiger partial charge on any atom is -0.264 e. The van der Waals surface area contributed by atoms with Crippen molar-refractivity contribution in [3.8, 4) is 22.5 Å². The van der Waals surface area contributed by atoms with Crippen molar-refractivity contribution < 1.29 is 0 Å². The predicted octanol–water partition coefficient (Wildman–Crippen LogP) is 5.03. The van der Waals surface area contributed by atoms with Gasteiger partial charge in [0.2, 0.25) is 5.82 Å². The second-order valence-corrected chi connectivity index (χ2v) is 9.24. The van der Waals surface area contributed by atoms with Crippen LogP contribution in [0.3, 0.4) is 0 Å². The van der Waals surface area contributed by atoms with E-state index in [4.69, 9.17) is 10.1 Å². The van der Waals surface area contributed by atoms with Crippen molar-refractivity contribution in [1.29, 1.82) is 0 Å². The number of tetrazole rings is 1. The Labute approximate surface area is 200 Å². The monoisotopic (exact) mass is 456 g/mol. The molecule has 0 unspecified atom stereocenters. The summed E-state index contributed by atoms with van der Waals surface area (Å²) in [6.07, 6.45) is 14.6. The van der Waals surface area contributed by atoms with Crippen molar-refractivity contribution in [2.45, 2.75) is 71.3 Å². The summed E-state index contributed by atoms with van der Waals surface area (Å²) in [5, 5.41) is 19.3. The van der Waals surface area contributed by atoms with Crippen LogP contribution in [0.1, 0.15) is 69.1 Å². The number of hydrogen-bond donors (Lipinski definition) is 1. The molecule has 4 aromatic rings. The summed E-state index contributed by atoms with van der Waals surface area (Å²) in [7, 11) is 0. The first-order valence-electron chi connectivity index (χ1n) is 12.5. The van der Waals surface area contributed by atoms with E-state index in [0.29, 0.717) is 5.82 Å². The van der Waals surface area contributed by atoms with E-state index in [1.807, 2.05) is 12.3 Å². The number of nitrogens with one attached hydrogen (secondary N) is 1. The van der Waals surface area contributed by atoms with E-state index in [-0.39, 0.29) is 0 Å². The maximum atomic E-state index is 4.95. The molecule has 0 aliphatic heterocycles. The van der Waals surface area contributed by atoms with Crippen LogP contribution in [0.2, 0.25) is 0 Å². The molecular weight excluding hydrogens is 424 g/mol. The van der Waals surface area contributed by atoms with Gasteiger partial charge in [-0.25, -0.2) is 9.67 Å². The highest BCUT2D eigenvalue weighted by atomic mass is 15.5. The normalized spacial score (nSPS) is 14.5. The summed E-state index contributed by atoms with van der Waals surface area (Å²) in [6.45, 7) is 3.10. The molecule has 1 fully saturated rings. The Hall–Kier alpha value is -3.42. The molecule has 34 heavy (non-hydrogen) atoms. The Bertz CT molecular complexity index is 1170. The molecule has 0 bridgehead atoms. The van der Waals surface area contributed by atoms with Gasteiger partial charge in [0.15, 0.2) is 5.82 Å². The average molecular weight is 457 g/mol. The number of rotatable bonds is 9. The van der Waals surface area contributed by atoms with Gasteiger partial charge >= 0.3 is 0 Å². The molecule has 1 aliphatic carbocycles. The molecule has 1 N–H and O–H groups in total. The third-order valence-corrected chi connectivity index (χ3v) is 6.76.